The van der Waals surface area contributed by atoms with Gasteiger partial charge in [-0.3, -0.25) is 9.00 Å². The maximum Gasteiger partial charge on any atom is 1.00 e. The average Bonchev–Trinajstić information content (AvgIpc) is 3.01. The van der Waals surface area contributed by atoms with Crippen molar-refractivity contribution in [2.45, 2.75) is 160 Å². The van der Waals surface area contributed by atoms with Gasteiger partial charge in [0.05, 0.1) is 12.2 Å². The van der Waals surface area contributed by atoms with E-state index in [1.165, 1.54) is 122 Å². The van der Waals surface area contributed by atoms with Crippen LogP contribution in [-0.2, 0) is 11.1 Å². The normalized spacial score (nSPS) is 11.8. The van der Waals surface area contributed by atoms with Crippen molar-refractivity contribution in [2.75, 3.05) is 13.2 Å². The van der Waals surface area contributed by atoms with E-state index in [1.54, 1.807) is 6.07 Å². The molecule has 0 aliphatic heterocycles. The molecule has 44 heavy (non-hydrogen) atoms. The van der Waals surface area contributed by atoms with E-state index in [9.17, 15) is 13.6 Å². The van der Waals surface area contributed by atoms with Crippen LogP contribution in [0.1, 0.15) is 165 Å². The number of hydrogen-bond donors (Lipinski definition) is 1. The Morgan fingerprint density at radius 1 is 0.682 bits per heavy atom. The SMILES string of the molecule is CCCCCCCCCCCCCCCCCCNC(=O)c1cc(S(=O)[O-])c2ccccc2c1OCCCCCCCC.[Na+]. The van der Waals surface area contributed by atoms with E-state index >= 15 is 0 Å². The Kier molecular flexibility index (Phi) is 25.4. The second-order valence-electron chi connectivity index (χ2n) is 12.2. The number of unbranched alkanes of at least 4 members (excludes halogenated alkanes) is 20. The van der Waals surface area contributed by atoms with Gasteiger partial charge in [-0.25, -0.2) is 0 Å². The average molecular weight is 638 g/mol. The summed E-state index contributed by atoms with van der Waals surface area (Å²) >= 11 is -2.45. The van der Waals surface area contributed by atoms with Crippen molar-refractivity contribution in [1.82, 2.24) is 5.32 Å². The second-order valence-corrected chi connectivity index (χ2v) is 13.1. The van der Waals surface area contributed by atoms with Crippen LogP contribution in [0.2, 0.25) is 0 Å². The molecule has 0 bridgehead atoms. The summed E-state index contributed by atoms with van der Waals surface area (Å²) in [6, 6.07) is 8.76. The third-order valence-corrected chi connectivity index (χ3v) is 9.14. The van der Waals surface area contributed by atoms with Crippen LogP contribution in [0.3, 0.4) is 0 Å². The van der Waals surface area contributed by atoms with Gasteiger partial charge in [0.15, 0.2) is 0 Å². The molecule has 1 unspecified atom stereocenters. The Bertz CT molecular complexity index is 1050. The molecule has 0 saturated carbocycles. The minimum absolute atomic E-state index is 0. The maximum absolute atomic E-state index is 13.3. The van der Waals surface area contributed by atoms with Crippen LogP contribution >= 0.6 is 0 Å². The number of carbonyl (C=O) groups excluding carboxylic acids is 1. The summed E-state index contributed by atoms with van der Waals surface area (Å²) in [5.74, 6) is 0.221. The molecule has 0 aliphatic carbocycles. The first kappa shape index (κ1) is 41.1. The van der Waals surface area contributed by atoms with Crippen molar-refractivity contribution in [3.8, 4) is 5.75 Å². The minimum atomic E-state index is -2.45. The first-order valence-corrected chi connectivity index (χ1v) is 18.7. The molecule has 0 heterocycles. The number of benzene rings is 2. The molecule has 2 aromatic rings. The van der Waals surface area contributed by atoms with Crippen molar-refractivity contribution in [3.63, 3.8) is 0 Å². The van der Waals surface area contributed by atoms with Crippen LogP contribution in [0.15, 0.2) is 35.2 Å². The van der Waals surface area contributed by atoms with Gasteiger partial charge in [0.2, 0.25) is 0 Å². The summed E-state index contributed by atoms with van der Waals surface area (Å²) in [7, 11) is 0. The molecule has 1 N–H and O–H groups in total. The molecule has 2 rings (SSSR count). The Morgan fingerprint density at radius 2 is 1.11 bits per heavy atom. The molecule has 1 atom stereocenters. The Labute approximate surface area is 294 Å². The molecule has 0 radical (unpaired) electrons. The van der Waals surface area contributed by atoms with Crippen molar-refractivity contribution in [2.24, 2.45) is 0 Å². The molecular weight excluding hydrogens is 577 g/mol. The van der Waals surface area contributed by atoms with Crippen LogP contribution in [0.5, 0.6) is 5.75 Å². The van der Waals surface area contributed by atoms with Gasteiger partial charge < -0.3 is 14.6 Å². The van der Waals surface area contributed by atoms with Gasteiger partial charge in [0.25, 0.3) is 5.91 Å². The van der Waals surface area contributed by atoms with Crippen molar-refractivity contribution in [1.29, 1.82) is 0 Å². The quantitative estimate of drug-likeness (QED) is 0.0616. The number of fused-ring (bicyclic) bond motifs is 1. The monoisotopic (exact) mass is 637 g/mol. The minimum Gasteiger partial charge on any atom is -0.768 e. The number of amides is 1. The van der Waals surface area contributed by atoms with E-state index in [4.69, 9.17) is 4.74 Å². The van der Waals surface area contributed by atoms with Crippen molar-refractivity contribution >= 4 is 27.8 Å². The van der Waals surface area contributed by atoms with Crippen LogP contribution < -0.4 is 39.6 Å². The molecule has 2 aromatic carbocycles. The maximum atomic E-state index is 13.3. The van der Waals surface area contributed by atoms with Crippen LogP contribution in [0, 0.1) is 0 Å². The van der Waals surface area contributed by atoms with Gasteiger partial charge in [-0.05, 0) is 30.0 Å². The predicted octanol–water partition coefficient (Wildman–Crippen LogP) is 7.81. The van der Waals surface area contributed by atoms with Crippen LogP contribution in [0.4, 0.5) is 0 Å². The van der Waals surface area contributed by atoms with Crippen LogP contribution in [0.25, 0.3) is 10.8 Å². The smallest absolute Gasteiger partial charge is 0.768 e. The molecule has 0 saturated heterocycles. The van der Waals surface area contributed by atoms with Crippen molar-refractivity contribution < 1.29 is 47.9 Å². The summed E-state index contributed by atoms with van der Waals surface area (Å²) in [5.41, 5.74) is 0.306. The van der Waals surface area contributed by atoms with Gasteiger partial charge in [-0.1, -0.05) is 167 Å². The topological polar surface area (TPSA) is 78.5 Å². The summed E-state index contributed by atoms with van der Waals surface area (Å²) in [5, 5.41) is 4.28. The third-order valence-electron chi connectivity index (χ3n) is 8.44. The van der Waals surface area contributed by atoms with Gasteiger partial charge in [-0.15, -0.1) is 0 Å². The molecule has 0 aromatic heterocycles. The zero-order chi connectivity index (χ0) is 31.0. The van der Waals surface area contributed by atoms with E-state index in [-0.39, 0.29) is 40.4 Å². The molecule has 1 amide bonds. The number of nitrogens with one attached hydrogen (secondary N) is 1. The van der Waals surface area contributed by atoms with E-state index in [1.807, 2.05) is 18.2 Å². The molecule has 5 nitrogen and oxygen atoms in total. The van der Waals surface area contributed by atoms with E-state index in [0.717, 1.165) is 25.7 Å². The molecule has 0 spiro atoms. The molecule has 0 aliphatic rings. The zero-order valence-corrected chi connectivity index (χ0v) is 31.2. The van der Waals surface area contributed by atoms with E-state index in [0.29, 0.717) is 35.2 Å². The standard InChI is InChI=1S/C37H61NO4S.Na/c1-3-5-7-9-11-12-13-14-15-16-17-18-19-20-21-25-29-38-37(39)34-31-35(43(40)41)32-27-23-24-28-33(32)36(34)42-30-26-22-10-8-6-4-2;/h23-24,27-28,31H,3-22,25-26,29-30H2,1-2H3,(H,38,39)(H,40,41);/q;+1/p-1. The largest absolute Gasteiger partial charge is 1.00 e. The Hall–Kier alpha value is -0.920. The molecular formula is C37H60NNaO4S. The summed E-state index contributed by atoms with van der Waals surface area (Å²) in [4.78, 5) is 13.4. The zero-order valence-electron chi connectivity index (χ0n) is 28.4. The summed E-state index contributed by atoms with van der Waals surface area (Å²) < 4.78 is 30.3. The first-order chi connectivity index (χ1) is 21.1. The first-order valence-electron chi connectivity index (χ1n) is 17.7. The fourth-order valence-corrected chi connectivity index (χ4v) is 6.38. The number of carbonyl (C=O) groups is 1. The van der Waals surface area contributed by atoms with Gasteiger partial charge in [-0.2, -0.15) is 0 Å². The van der Waals surface area contributed by atoms with Gasteiger partial charge >= 0.3 is 29.6 Å². The molecule has 0 fully saturated rings. The molecule has 244 valence electrons. The number of rotatable bonds is 27. The van der Waals surface area contributed by atoms with Crippen LogP contribution in [-0.4, -0.2) is 27.8 Å². The summed E-state index contributed by atoms with van der Waals surface area (Å²) in [6.07, 6.45) is 27.9. The number of hydrogen-bond acceptors (Lipinski definition) is 4. The Balaban J connectivity index is 0.00000968. The molecule has 7 heteroatoms. The van der Waals surface area contributed by atoms with Gasteiger partial charge in [0, 0.05) is 22.2 Å². The van der Waals surface area contributed by atoms with E-state index in [2.05, 4.69) is 19.2 Å². The Morgan fingerprint density at radius 3 is 1.59 bits per heavy atom. The number of ether oxygens (including phenoxy) is 1. The fourth-order valence-electron chi connectivity index (χ4n) is 5.80. The van der Waals surface area contributed by atoms with Gasteiger partial charge in [0.1, 0.15) is 5.75 Å². The third kappa shape index (κ3) is 17.1. The van der Waals surface area contributed by atoms with Crippen molar-refractivity contribution in [3.05, 3.63) is 35.9 Å². The predicted molar refractivity (Wildman–Crippen MR) is 182 cm³/mol. The van der Waals surface area contributed by atoms with E-state index < -0.39 is 11.1 Å². The fraction of sp³-hybridized carbons (Fsp3) is 0.703. The summed E-state index contributed by atoms with van der Waals surface area (Å²) in [6.45, 7) is 5.57. The second kappa shape index (κ2) is 27.2.